The molecule has 1 aromatic heterocycles. The number of hydrogen-bond acceptors (Lipinski definition) is 2. The number of fused-ring (bicyclic) bond motifs is 1. The molecule has 102 valence electrons. The number of halogens is 1. The molecule has 0 atom stereocenters. The van der Waals surface area contributed by atoms with Crippen molar-refractivity contribution in [2.24, 2.45) is 0 Å². The van der Waals surface area contributed by atoms with Gasteiger partial charge in [0.05, 0.1) is 5.56 Å². The van der Waals surface area contributed by atoms with Gasteiger partial charge in [-0.1, -0.05) is 42.2 Å². The molecule has 0 saturated carbocycles. The van der Waals surface area contributed by atoms with Crippen LogP contribution in [0.4, 0.5) is 4.39 Å². The Morgan fingerprint density at radius 3 is 2.76 bits per heavy atom. The predicted octanol–water partition coefficient (Wildman–Crippen LogP) is 3.80. The molecule has 21 heavy (non-hydrogen) atoms. The van der Waals surface area contributed by atoms with E-state index in [9.17, 15) is 4.39 Å². The van der Waals surface area contributed by atoms with E-state index in [1.165, 1.54) is 6.07 Å². The largest absolute Gasteiger partial charge is 0.479 e. The Kier molecular flexibility index (Phi) is 3.79. The van der Waals surface area contributed by atoms with Crippen molar-refractivity contribution in [3.05, 3.63) is 72.2 Å². The average molecular weight is 277 g/mol. The quantitative estimate of drug-likeness (QED) is 0.665. The fraction of sp³-hybridized carbons (Fsp3) is 0.0556. The number of ether oxygens (including phenoxy) is 1. The van der Waals surface area contributed by atoms with Gasteiger partial charge in [0.25, 0.3) is 0 Å². The summed E-state index contributed by atoms with van der Waals surface area (Å²) in [5.41, 5.74) is 1.17. The average Bonchev–Trinajstić information content (AvgIpc) is 2.53. The van der Waals surface area contributed by atoms with Gasteiger partial charge in [-0.05, 0) is 24.3 Å². The Bertz CT molecular complexity index is 828. The SMILES string of the molecule is Fc1ccccc1C#CCOc1cccc2cccnc12. The van der Waals surface area contributed by atoms with E-state index in [2.05, 4.69) is 16.8 Å². The minimum atomic E-state index is -0.322. The molecule has 2 nitrogen and oxygen atoms in total. The van der Waals surface area contributed by atoms with Gasteiger partial charge in [-0.3, -0.25) is 4.98 Å². The van der Waals surface area contributed by atoms with Crippen molar-refractivity contribution in [3.8, 4) is 17.6 Å². The van der Waals surface area contributed by atoms with Crippen LogP contribution in [0.2, 0.25) is 0 Å². The zero-order valence-corrected chi connectivity index (χ0v) is 11.2. The summed E-state index contributed by atoms with van der Waals surface area (Å²) in [5, 5.41) is 1.01. The monoisotopic (exact) mass is 277 g/mol. The van der Waals surface area contributed by atoms with Crippen LogP contribution < -0.4 is 4.74 Å². The Balaban J connectivity index is 1.75. The van der Waals surface area contributed by atoms with Crippen LogP contribution in [0, 0.1) is 17.7 Å². The zero-order valence-electron chi connectivity index (χ0n) is 11.2. The first-order valence-corrected chi connectivity index (χ1v) is 6.54. The Labute approximate surface area is 122 Å². The molecule has 2 aromatic carbocycles. The van der Waals surface area contributed by atoms with Crippen molar-refractivity contribution in [1.82, 2.24) is 4.98 Å². The smallest absolute Gasteiger partial charge is 0.149 e. The van der Waals surface area contributed by atoms with E-state index < -0.39 is 0 Å². The standard InChI is InChI=1S/C18H12FNO/c19-16-10-2-1-6-14(16)9-5-13-21-17-11-3-7-15-8-4-12-20-18(15)17/h1-4,6-8,10-12H,13H2. The van der Waals surface area contributed by atoms with Crippen molar-refractivity contribution in [1.29, 1.82) is 0 Å². The summed E-state index contributed by atoms with van der Waals surface area (Å²) in [7, 11) is 0. The van der Waals surface area contributed by atoms with E-state index in [0.29, 0.717) is 11.3 Å². The van der Waals surface area contributed by atoms with Gasteiger partial charge < -0.3 is 4.74 Å². The number of nitrogens with zero attached hydrogens (tertiary/aromatic N) is 1. The molecular weight excluding hydrogens is 265 g/mol. The van der Waals surface area contributed by atoms with Gasteiger partial charge in [0, 0.05) is 11.6 Å². The van der Waals surface area contributed by atoms with Crippen LogP contribution in [0.5, 0.6) is 5.75 Å². The first-order chi connectivity index (χ1) is 10.3. The Morgan fingerprint density at radius 1 is 1.00 bits per heavy atom. The molecule has 3 aromatic rings. The van der Waals surface area contributed by atoms with Gasteiger partial charge in [0.1, 0.15) is 23.7 Å². The summed E-state index contributed by atoms with van der Waals surface area (Å²) in [6.07, 6.45) is 1.72. The second-order valence-corrected chi connectivity index (χ2v) is 4.40. The van der Waals surface area contributed by atoms with Gasteiger partial charge in [0.2, 0.25) is 0 Å². The molecule has 0 fully saturated rings. The molecule has 0 aliphatic heterocycles. The molecule has 0 saturated heterocycles. The molecule has 1 heterocycles. The Morgan fingerprint density at radius 2 is 1.86 bits per heavy atom. The normalized spacial score (nSPS) is 9.95. The number of para-hydroxylation sites is 1. The number of hydrogen-bond donors (Lipinski definition) is 0. The number of aromatic nitrogens is 1. The maximum Gasteiger partial charge on any atom is 0.149 e. The third-order valence-electron chi connectivity index (χ3n) is 2.99. The van der Waals surface area contributed by atoms with Crippen LogP contribution in [0.3, 0.4) is 0 Å². The maximum absolute atomic E-state index is 13.4. The molecule has 0 amide bonds. The molecule has 0 spiro atoms. The van der Waals surface area contributed by atoms with E-state index in [-0.39, 0.29) is 12.4 Å². The number of rotatable bonds is 2. The second kappa shape index (κ2) is 6.06. The molecule has 3 rings (SSSR count). The molecule has 0 radical (unpaired) electrons. The van der Waals surface area contributed by atoms with Gasteiger partial charge in [-0.15, -0.1) is 0 Å². The minimum absolute atomic E-state index is 0.185. The summed E-state index contributed by atoms with van der Waals surface area (Å²) in [6.45, 7) is 0.185. The van der Waals surface area contributed by atoms with Crippen molar-refractivity contribution < 1.29 is 9.13 Å². The fourth-order valence-electron chi connectivity index (χ4n) is 2.00. The molecular formula is C18H12FNO. The van der Waals surface area contributed by atoms with Crippen molar-refractivity contribution >= 4 is 10.9 Å². The molecule has 0 N–H and O–H groups in total. The van der Waals surface area contributed by atoms with E-state index >= 15 is 0 Å². The summed E-state index contributed by atoms with van der Waals surface area (Å²) in [6, 6.07) is 16.0. The third kappa shape index (κ3) is 3.01. The van der Waals surface area contributed by atoms with E-state index in [0.717, 1.165) is 10.9 Å². The fourth-order valence-corrected chi connectivity index (χ4v) is 2.00. The number of pyridine rings is 1. The topological polar surface area (TPSA) is 22.1 Å². The van der Waals surface area contributed by atoms with Crippen LogP contribution in [-0.2, 0) is 0 Å². The molecule has 3 heteroatoms. The Hall–Kier alpha value is -2.86. The summed E-state index contributed by atoms with van der Waals surface area (Å²) in [4.78, 5) is 4.30. The van der Waals surface area contributed by atoms with Crippen molar-refractivity contribution in [2.45, 2.75) is 0 Å². The molecule has 0 unspecified atom stereocenters. The lowest BCUT2D eigenvalue weighted by Crippen LogP contribution is -1.96. The molecule has 0 aliphatic carbocycles. The second-order valence-electron chi connectivity index (χ2n) is 4.40. The van der Waals surface area contributed by atoms with Crippen LogP contribution in [0.1, 0.15) is 5.56 Å². The highest BCUT2D eigenvalue weighted by molar-refractivity contribution is 5.84. The summed E-state index contributed by atoms with van der Waals surface area (Å²) in [5.74, 6) is 5.93. The first-order valence-electron chi connectivity index (χ1n) is 6.54. The van der Waals surface area contributed by atoms with E-state index in [4.69, 9.17) is 4.74 Å². The highest BCUT2D eigenvalue weighted by atomic mass is 19.1. The summed E-state index contributed by atoms with van der Waals surface area (Å²) < 4.78 is 19.0. The van der Waals surface area contributed by atoms with Crippen molar-refractivity contribution in [2.75, 3.05) is 6.61 Å². The van der Waals surface area contributed by atoms with Crippen LogP contribution >= 0.6 is 0 Å². The van der Waals surface area contributed by atoms with E-state index in [1.807, 2.05) is 30.3 Å². The van der Waals surface area contributed by atoms with Gasteiger partial charge >= 0.3 is 0 Å². The number of benzene rings is 2. The maximum atomic E-state index is 13.4. The highest BCUT2D eigenvalue weighted by Gasteiger charge is 2.01. The minimum Gasteiger partial charge on any atom is -0.479 e. The van der Waals surface area contributed by atoms with Gasteiger partial charge in [-0.2, -0.15) is 0 Å². The summed E-state index contributed by atoms with van der Waals surface area (Å²) >= 11 is 0. The van der Waals surface area contributed by atoms with Crippen LogP contribution in [0.25, 0.3) is 10.9 Å². The van der Waals surface area contributed by atoms with Crippen molar-refractivity contribution in [3.63, 3.8) is 0 Å². The molecule has 0 bridgehead atoms. The zero-order chi connectivity index (χ0) is 14.5. The van der Waals surface area contributed by atoms with Crippen LogP contribution in [0.15, 0.2) is 60.8 Å². The predicted molar refractivity (Wildman–Crippen MR) is 80.5 cm³/mol. The van der Waals surface area contributed by atoms with Gasteiger partial charge in [0.15, 0.2) is 0 Å². The molecule has 0 aliphatic rings. The van der Waals surface area contributed by atoms with Gasteiger partial charge in [-0.25, -0.2) is 4.39 Å². The first kappa shape index (κ1) is 13.1. The lowest BCUT2D eigenvalue weighted by atomic mass is 10.2. The van der Waals surface area contributed by atoms with Crippen LogP contribution in [-0.4, -0.2) is 11.6 Å². The third-order valence-corrected chi connectivity index (χ3v) is 2.99. The van der Waals surface area contributed by atoms with E-state index in [1.54, 1.807) is 24.4 Å². The lowest BCUT2D eigenvalue weighted by molar-refractivity contribution is 0.374. The lowest BCUT2D eigenvalue weighted by Gasteiger charge is -2.05. The highest BCUT2D eigenvalue weighted by Crippen LogP contribution is 2.22.